The van der Waals surface area contributed by atoms with Gasteiger partial charge in [0.2, 0.25) is 5.91 Å². The van der Waals surface area contributed by atoms with E-state index in [0.29, 0.717) is 23.1 Å². The summed E-state index contributed by atoms with van der Waals surface area (Å²) in [5.41, 5.74) is 1.21. The molecule has 2 aromatic carbocycles. The first kappa shape index (κ1) is 18.2. The molecular weight excluding hydrogens is 362 g/mol. The number of carbonyl (C=O) groups is 1. The third-order valence-electron chi connectivity index (χ3n) is 4.42. The first-order valence-corrected chi connectivity index (χ1v) is 9.00. The molecule has 0 bridgehead atoms. The molecule has 3 rings (SSSR count). The fraction of sp³-hybridized carbons (Fsp3) is 0.316. The van der Waals surface area contributed by atoms with E-state index in [1.54, 1.807) is 24.3 Å². The van der Waals surface area contributed by atoms with Gasteiger partial charge in [0.25, 0.3) is 0 Å². The Morgan fingerprint density at radius 2 is 2.04 bits per heavy atom. The molecule has 1 aliphatic heterocycles. The van der Waals surface area contributed by atoms with Crippen LogP contribution in [-0.4, -0.2) is 23.9 Å². The number of likely N-dealkylation sites (tertiary alicyclic amines) is 1. The molecule has 1 N–H and O–H groups in total. The van der Waals surface area contributed by atoms with Gasteiger partial charge in [0, 0.05) is 23.1 Å². The van der Waals surface area contributed by atoms with Crippen molar-refractivity contribution in [2.45, 2.75) is 19.4 Å². The van der Waals surface area contributed by atoms with Gasteiger partial charge >= 0.3 is 0 Å². The van der Waals surface area contributed by atoms with Crippen LogP contribution >= 0.6 is 23.2 Å². The zero-order chi connectivity index (χ0) is 17.8. The van der Waals surface area contributed by atoms with Gasteiger partial charge in [-0.1, -0.05) is 41.4 Å². The highest BCUT2D eigenvalue weighted by Gasteiger charge is 2.26. The number of nitrogens with zero attached hydrogens (tertiary/aromatic N) is 1. The quantitative estimate of drug-likeness (QED) is 0.810. The lowest BCUT2D eigenvalue weighted by Gasteiger charge is -2.32. The monoisotopic (exact) mass is 380 g/mol. The Bertz CT molecular complexity index is 769. The molecule has 3 nitrogen and oxygen atoms in total. The van der Waals surface area contributed by atoms with Crippen molar-refractivity contribution < 1.29 is 9.18 Å². The summed E-state index contributed by atoms with van der Waals surface area (Å²) in [4.78, 5) is 14.7. The predicted octanol–water partition coefficient (Wildman–Crippen LogP) is 4.98. The molecule has 1 atom stereocenters. The van der Waals surface area contributed by atoms with Crippen molar-refractivity contribution in [3.8, 4) is 0 Å². The smallest absolute Gasteiger partial charge is 0.228 e. The van der Waals surface area contributed by atoms with Gasteiger partial charge in [0.15, 0.2) is 0 Å². The molecule has 1 saturated heterocycles. The van der Waals surface area contributed by atoms with E-state index in [0.717, 1.165) is 24.9 Å². The van der Waals surface area contributed by atoms with Gasteiger partial charge in [0.1, 0.15) is 5.82 Å². The van der Waals surface area contributed by atoms with E-state index in [1.807, 2.05) is 12.1 Å². The lowest BCUT2D eigenvalue weighted by atomic mass is 9.96. The van der Waals surface area contributed by atoms with Gasteiger partial charge in [-0.2, -0.15) is 0 Å². The summed E-state index contributed by atoms with van der Waals surface area (Å²) < 4.78 is 13.7. The Balaban J connectivity index is 1.62. The molecule has 0 aliphatic carbocycles. The summed E-state index contributed by atoms with van der Waals surface area (Å²) in [5.74, 6) is -0.729. The van der Waals surface area contributed by atoms with Crippen LogP contribution in [0, 0.1) is 11.7 Å². The topological polar surface area (TPSA) is 32.3 Å². The lowest BCUT2D eigenvalue weighted by Crippen LogP contribution is -2.40. The average Bonchev–Trinajstić information content (AvgIpc) is 2.60. The van der Waals surface area contributed by atoms with Crippen molar-refractivity contribution in [2.75, 3.05) is 18.4 Å². The molecule has 1 fully saturated rings. The summed E-state index contributed by atoms with van der Waals surface area (Å²) in [6, 6.07) is 11.7. The normalized spacial score (nSPS) is 18.1. The molecule has 1 heterocycles. The van der Waals surface area contributed by atoms with Crippen LogP contribution in [0.4, 0.5) is 10.1 Å². The second-order valence-electron chi connectivity index (χ2n) is 6.28. The molecule has 0 radical (unpaired) electrons. The number of benzene rings is 2. The number of amides is 1. The van der Waals surface area contributed by atoms with Gasteiger partial charge in [0.05, 0.1) is 11.6 Å². The number of piperidine rings is 1. The lowest BCUT2D eigenvalue weighted by molar-refractivity contribution is -0.121. The molecule has 1 amide bonds. The van der Waals surface area contributed by atoms with Gasteiger partial charge in [-0.15, -0.1) is 0 Å². The molecule has 0 saturated carbocycles. The van der Waals surface area contributed by atoms with Crippen molar-refractivity contribution in [1.82, 2.24) is 4.90 Å². The van der Waals surface area contributed by atoms with Crippen LogP contribution in [0.25, 0.3) is 0 Å². The number of para-hydroxylation sites is 1. The summed E-state index contributed by atoms with van der Waals surface area (Å²) in [6.07, 6.45) is 1.71. The average molecular weight is 381 g/mol. The third-order valence-corrected chi connectivity index (χ3v) is 5.00. The molecule has 2 aromatic rings. The molecule has 25 heavy (non-hydrogen) atoms. The second kappa shape index (κ2) is 8.17. The van der Waals surface area contributed by atoms with Crippen molar-refractivity contribution >= 4 is 34.8 Å². The maximum absolute atomic E-state index is 13.7. The number of rotatable bonds is 4. The van der Waals surface area contributed by atoms with Crippen LogP contribution < -0.4 is 5.32 Å². The van der Waals surface area contributed by atoms with Gasteiger partial charge in [-0.25, -0.2) is 4.39 Å². The van der Waals surface area contributed by atoms with E-state index in [2.05, 4.69) is 10.2 Å². The van der Waals surface area contributed by atoms with Crippen LogP contribution in [0.1, 0.15) is 18.4 Å². The fourth-order valence-electron chi connectivity index (χ4n) is 3.10. The minimum Gasteiger partial charge on any atom is -0.323 e. The Morgan fingerprint density at radius 3 is 2.80 bits per heavy atom. The Morgan fingerprint density at radius 1 is 1.24 bits per heavy atom. The number of anilines is 1. The maximum atomic E-state index is 13.7. The minimum absolute atomic E-state index is 0.142. The van der Waals surface area contributed by atoms with Crippen molar-refractivity contribution in [1.29, 1.82) is 0 Å². The van der Waals surface area contributed by atoms with E-state index in [4.69, 9.17) is 23.2 Å². The van der Waals surface area contributed by atoms with Crippen LogP contribution in [0.2, 0.25) is 10.0 Å². The van der Waals surface area contributed by atoms with E-state index in [9.17, 15) is 9.18 Å². The largest absolute Gasteiger partial charge is 0.323 e. The molecule has 132 valence electrons. The van der Waals surface area contributed by atoms with E-state index >= 15 is 0 Å². The summed E-state index contributed by atoms with van der Waals surface area (Å²) >= 11 is 12.2. The Labute approximate surface area is 156 Å². The third kappa shape index (κ3) is 4.72. The molecule has 0 spiro atoms. The van der Waals surface area contributed by atoms with Crippen LogP contribution in [0.5, 0.6) is 0 Å². The number of halogens is 3. The molecule has 1 aliphatic rings. The number of hydrogen-bond acceptors (Lipinski definition) is 2. The number of carbonyl (C=O) groups excluding carboxylic acids is 1. The fourth-order valence-corrected chi connectivity index (χ4v) is 3.57. The SMILES string of the molecule is O=C(Nc1ccccc1F)[C@H]1CCCN(Cc2ccc(Cl)cc2Cl)C1. The molecule has 0 unspecified atom stereocenters. The number of nitrogens with one attached hydrogen (secondary N) is 1. The van der Waals surface area contributed by atoms with Crippen molar-refractivity contribution in [2.24, 2.45) is 5.92 Å². The van der Waals surface area contributed by atoms with E-state index < -0.39 is 5.82 Å². The zero-order valence-corrected chi connectivity index (χ0v) is 15.2. The molecule has 0 aromatic heterocycles. The van der Waals surface area contributed by atoms with E-state index in [1.165, 1.54) is 6.07 Å². The predicted molar refractivity (Wildman–Crippen MR) is 99.5 cm³/mol. The van der Waals surface area contributed by atoms with Crippen LogP contribution in [0.15, 0.2) is 42.5 Å². The Hall–Kier alpha value is -1.62. The maximum Gasteiger partial charge on any atom is 0.228 e. The Kier molecular flexibility index (Phi) is 5.94. The first-order valence-electron chi connectivity index (χ1n) is 8.24. The second-order valence-corrected chi connectivity index (χ2v) is 7.12. The van der Waals surface area contributed by atoms with Crippen molar-refractivity contribution in [3.05, 3.63) is 63.9 Å². The highest BCUT2D eigenvalue weighted by atomic mass is 35.5. The minimum atomic E-state index is -0.420. The highest BCUT2D eigenvalue weighted by molar-refractivity contribution is 6.35. The summed E-state index contributed by atoms with van der Waals surface area (Å²) in [5, 5.41) is 3.94. The zero-order valence-electron chi connectivity index (χ0n) is 13.6. The summed E-state index contributed by atoms with van der Waals surface area (Å²) in [6.45, 7) is 2.20. The van der Waals surface area contributed by atoms with Gasteiger partial charge in [-0.05, 0) is 49.2 Å². The standard InChI is InChI=1S/C19H19Cl2FN2O/c20-15-8-7-13(16(21)10-15)11-24-9-3-4-14(12-24)19(25)23-18-6-2-1-5-17(18)22/h1-2,5-8,10,14H,3-4,9,11-12H2,(H,23,25)/t14-/m0/s1. The highest BCUT2D eigenvalue weighted by Crippen LogP contribution is 2.25. The first-order chi connectivity index (χ1) is 12.0. The summed E-state index contributed by atoms with van der Waals surface area (Å²) in [7, 11) is 0. The van der Waals surface area contributed by atoms with Gasteiger partial charge < -0.3 is 5.32 Å². The van der Waals surface area contributed by atoms with Crippen LogP contribution in [0.3, 0.4) is 0 Å². The van der Waals surface area contributed by atoms with Crippen LogP contribution in [-0.2, 0) is 11.3 Å². The molecular formula is C19H19Cl2FN2O. The molecule has 6 heteroatoms. The van der Waals surface area contributed by atoms with Gasteiger partial charge in [-0.3, -0.25) is 9.69 Å². The van der Waals surface area contributed by atoms with Crippen molar-refractivity contribution in [3.63, 3.8) is 0 Å². The van der Waals surface area contributed by atoms with E-state index in [-0.39, 0.29) is 17.5 Å². The number of hydrogen-bond donors (Lipinski definition) is 1.